The van der Waals surface area contributed by atoms with Crippen LogP contribution >= 0.6 is 0 Å². The summed E-state index contributed by atoms with van der Waals surface area (Å²) in [6, 6.07) is 2.97. The molecule has 4 nitrogen and oxygen atoms in total. The Morgan fingerprint density at radius 3 is 2.16 bits per heavy atom. The third kappa shape index (κ3) is 2.42. The standard InChI is InChI=1S/C13H17BFNO3/c1-8(17)9-6-7-10(16-11(9)15)14-18-12(2,3)13(4,5)19-14/h6-7H,1-5H3. The van der Waals surface area contributed by atoms with Crippen molar-refractivity contribution in [2.75, 3.05) is 0 Å². The molecule has 1 aliphatic rings. The van der Waals surface area contributed by atoms with Gasteiger partial charge in [0.1, 0.15) is 0 Å². The SMILES string of the molecule is CC(=O)c1ccc(B2OC(C)(C)C(C)(C)O2)nc1F. The molecule has 1 aliphatic heterocycles. The van der Waals surface area contributed by atoms with E-state index in [0.29, 0.717) is 5.59 Å². The van der Waals surface area contributed by atoms with Crippen molar-refractivity contribution in [2.45, 2.75) is 45.8 Å². The van der Waals surface area contributed by atoms with E-state index >= 15 is 0 Å². The maximum Gasteiger partial charge on any atom is 0.514 e. The first kappa shape index (κ1) is 14.2. The normalized spacial score (nSPS) is 20.6. The Morgan fingerprint density at radius 2 is 1.74 bits per heavy atom. The zero-order chi connectivity index (χ0) is 14.4. The van der Waals surface area contributed by atoms with Gasteiger partial charge in [-0.3, -0.25) is 4.79 Å². The van der Waals surface area contributed by atoms with Crippen LogP contribution in [0.4, 0.5) is 4.39 Å². The smallest absolute Gasteiger partial charge is 0.398 e. The lowest BCUT2D eigenvalue weighted by molar-refractivity contribution is 0.00578. The average molecular weight is 265 g/mol. The van der Waals surface area contributed by atoms with Crippen LogP contribution in [0.25, 0.3) is 0 Å². The average Bonchev–Trinajstić information content (AvgIpc) is 2.47. The molecule has 0 unspecified atom stereocenters. The quantitative estimate of drug-likeness (QED) is 0.464. The first-order valence-corrected chi connectivity index (χ1v) is 6.17. The fourth-order valence-electron chi connectivity index (χ4n) is 1.81. The molecule has 0 aliphatic carbocycles. The van der Waals surface area contributed by atoms with Crippen LogP contribution in [0.5, 0.6) is 0 Å². The lowest BCUT2D eigenvalue weighted by Crippen LogP contribution is -2.41. The fraction of sp³-hybridized carbons (Fsp3) is 0.538. The molecule has 6 heteroatoms. The minimum absolute atomic E-state index is 0.0275. The second-order valence-electron chi connectivity index (χ2n) is 5.72. The van der Waals surface area contributed by atoms with Gasteiger partial charge in [-0.05, 0) is 46.8 Å². The highest BCUT2D eigenvalue weighted by Crippen LogP contribution is 2.36. The highest BCUT2D eigenvalue weighted by atomic mass is 19.1. The van der Waals surface area contributed by atoms with Gasteiger partial charge >= 0.3 is 7.12 Å². The molecule has 2 rings (SSSR count). The van der Waals surface area contributed by atoms with Crippen molar-refractivity contribution >= 4 is 18.5 Å². The topological polar surface area (TPSA) is 48.4 Å². The molecule has 1 fully saturated rings. The second kappa shape index (κ2) is 4.39. The highest BCUT2D eigenvalue weighted by Gasteiger charge is 2.52. The van der Waals surface area contributed by atoms with E-state index in [1.165, 1.54) is 13.0 Å². The van der Waals surface area contributed by atoms with Gasteiger partial charge in [-0.15, -0.1) is 0 Å². The number of carbonyl (C=O) groups is 1. The van der Waals surface area contributed by atoms with E-state index < -0.39 is 24.3 Å². The summed E-state index contributed by atoms with van der Waals surface area (Å²) in [5.74, 6) is -1.15. The van der Waals surface area contributed by atoms with Crippen molar-refractivity contribution < 1.29 is 18.5 Å². The van der Waals surface area contributed by atoms with Gasteiger partial charge in [0.15, 0.2) is 5.78 Å². The third-order valence-electron chi connectivity index (χ3n) is 3.74. The third-order valence-corrected chi connectivity index (χ3v) is 3.74. The van der Waals surface area contributed by atoms with E-state index in [4.69, 9.17) is 9.31 Å². The molecule has 0 aromatic carbocycles. The molecule has 0 spiro atoms. The second-order valence-corrected chi connectivity index (χ2v) is 5.72. The Hall–Kier alpha value is -1.27. The first-order valence-electron chi connectivity index (χ1n) is 6.17. The van der Waals surface area contributed by atoms with Crippen LogP contribution in [0.1, 0.15) is 45.0 Å². The number of halogens is 1. The molecule has 0 bridgehead atoms. The number of nitrogens with zero attached hydrogens (tertiary/aromatic N) is 1. The van der Waals surface area contributed by atoms with Crippen LogP contribution in [0.3, 0.4) is 0 Å². The zero-order valence-corrected chi connectivity index (χ0v) is 11.8. The van der Waals surface area contributed by atoms with Crippen molar-refractivity contribution in [3.63, 3.8) is 0 Å². The van der Waals surface area contributed by atoms with Gasteiger partial charge in [-0.25, -0.2) is 4.98 Å². The summed E-state index contributed by atoms with van der Waals surface area (Å²) in [7, 11) is -0.722. The van der Waals surface area contributed by atoms with Gasteiger partial charge in [-0.1, -0.05) is 0 Å². The molecule has 102 valence electrons. The minimum atomic E-state index is -0.792. The molecule has 0 N–H and O–H groups in total. The summed E-state index contributed by atoms with van der Waals surface area (Å²) in [4.78, 5) is 14.9. The number of rotatable bonds is 2. The van der Waals surface area contributed by atoms with Crippen molar-refractivity contribution in [1.82, 2.24) is 4.98 Å². The van der Waals surface area contributed by atoms with E-state index in [1.54, 1.807) is 6.07 Å². The molecular weight excluding hydrogens is 248 g/mol. The number of hydrogen-bond donors (Lipinski definition) is 0. The Morgan fingerprint density at radius 1 is 1.21 bits per heavy atom. The Bertz CT molecular complexity index is 515. The van der Waals surface area contributed by atoms with Crippen molar-refractivity contribution in [3.05, 3.63) is 23.6 Å². The number of hydrogen-bond acceptors (Lipinski definition) is 4. The predicted octanol–water partition coefficient (Wildman–Crippen LogP) is 1.72. The molecular formula is C13H17BFNO3. The first-order chi connectivity index (χ1) is 8.64. The number of Topliss-reactive ketones (excluding diaryl/α,β-unsaturated/α-hetero) is 1. The van der Waals surface area contributed by atoms with Crippen LogP contribution in [0, 0.1) is 5.95 Å². The molecule has 1 aromatic heterocycles. The van der Waals surface area contributed by atoms with E-state index in [2.05, 4.69) is 4.98 Å². The van der Waals surface area contributed by atoms with Crippen LogP contribution in [-0.2, 0) is 9.31 Å². The maximum atomic E-state index is 13.7. The molecule has 0 atom stereocenters. The van der Waals surface area contributed by atoms with Gasteiger partial charge in [0.05, 0.1) is 22.4 Å². The van der Waals surface area contributed by atoms with Crippen LogP contribution < -0.4 is 5.59 Å². The van der Waals surface area contributed by atoms with Crippen LogP contribution in [-0.4, -0.2) is 29.1 Å². The van der Waals surface area contributed by atoms with Crippen LogP contribution in [0.15, 0.2) is 12.1 Å². The summed E-state index contributed by atoms with van der Waals surface area (Å²) in [5, 5.41) is 0. The number of aromatic nitrogens is 1. The summed E-state index contributed by atoms with van der Waals surface area (Å²) in [6.45, 7) is 8.94. The van der Waals surface area contributed by atoms with Gasteiger partial charge in [0, 0.05) is 0 Å². The molecule has 2 heterocycles. The summed E-state index contributed by atoms with van der Waals surface area (Å²) < 4.78 is 25.2. The van der Waals surface area contributed by atoms with Gasteiger partial charge in [0.2, 0.25) is 5.95 Å². The number of carbonyl (C=O) groups excluding carboxylic acids is 1. The largest absolute Gasteiger partial charge is 0.514 e. The number of ketones is 1. The molecule has 0 radical (unpaired) electrons. The Labute approximate surface area is 112 Å². The van der Waals surface area contributed by atoms with Crippen LogP contribution in [0.2, 0.25) is 0 Å². The van der Waals surface area contributed by atoms with Crippen molar-refractivity contribution in [3.8, 4) is 0 Å². The van der Waals surface area contributed by atoms with E-state index in [0.717, 1.165) is 0 Å². The van der Waals surface area contributed by atoms with Gasteiger partial charge < -0.3 is 9.31 Å². The molecule has 0 saturated carbocycles. The minimum Gasteiger partial charge on any atom is -0.398 e. The lowest BCUT2D eigenvalue weighted by atomic mass is 9.84. The predicted molar refractivity (Wildman–Crippen MR) is 69.9 cm³/mol. The zero-order valence-electron chi connectivity index (χ0n) is 11.8. The summed E-state index contributed by atoms with van der Waals surface area (Å²) >= 11 is 0. The Balaban J connectivity index is 2.31. The molecule has 1 saturated heterocycles. The maximum absolute atomic E-state index is 13.7. The monoisotopic (exact) mass is 265 g/mol. The van der Waals surface area contributed by atoms with Crippen molar-refractivity contribution in [1.29, 1.82) is 0 Å². The van der Waals surface area contributed by atoms with E-state index in [1.807, 2.05) is 27.7 Å². The summed E-state index contributed by atoms with van der Waals surface area (Å²) in [6.07, 6.45) is 0. The lowest BCUT2D eigenvalue weighted by Gasteiger charge is -2.32. The molecule has 1 aromatic rings. The van der Waals surface area contributed by atoms with Gasteiger partial charge in [-0.2, -0.15) is 4.39 Å². The Kier molecular flexibility index (Phi) is 3.27. The van der Waals surface area contributed by atoms with E-state index in [9.17, 15) is 9.18 Å². The number of pyridine rings is 1. The molecule has 0 amide bonds. The highest BCUT2D eigenvalue weighted by molar-refractivity contribution is 6.61. The summed E-state index contributed by atoms with van der Waals surface area (Å²) in [5.41, 5.74) is -0.703. The van der Waals surface area contributed by atoms with Crippen molar-refractivity contribution in [2.24, 2.45) is 0 Å². The van der Waals surface area contributed by atoms with Gasteiger partial charge in [0.25, 0.3) is 0 Å². The molecule has 19 heavy (non-hydrogen) atoms. The van der Waals surface area contributed by atoms with E-state index in [-0.39, 0.29) is 11.3 Å². The fourth-order valence-corrected chi connectivity index (χ4v) is 1.81.